The Labute approximate surface area is 293 Å². The molecule has 37 heavy (non-hydrogen) atoms. The Bertz CT molecular complexity index is 688. The van der Waals surface area contributed by atoms with Crippen LogP contribution in [0.2, 0.25) is 0 Å². The third-order valence-electron chi connectivity index (χ3n) is 1.77. The maximum absolute atomic E-state index is 10.1. The Morgan fingerprint density at radius 3 is 1.11 bits per heavy atom. The number of carboxylic acid groups (broad SMARTS) is 3. The Morgan fingerprint density at radius 1 is 0.622 bits per heavy atom. The van der Waals surface area contributed by atoms with Crippen LogP contribution in [0.5, 0.6) is 0 Å². The summed E-state index contributed by atoms with van der Waals surface area (Å²) in [5, 5.41) is 24.8. The molecule has 0 heterocycles. The molecule has 0 unspecified atom stereocenters. The monoisotopic (exact) mass is 726 g/mol. The molecule has 0 aliphatic rings. The van der Waals surface area contributed by atoms with E-state index in [1.54, 1.807) is 21.6 Å². The first-order chi connectivity index (χ1) is 14.6. The molecule has 0 aromatic carbocycles. The van der Waals surface area contributed by atoms with Crippen molar-refractivity contribution in [3.63, 3.8) is 0 Å². The van der Waals surface area contributed by atoms with Crippen molar-refractivity contribution in [1.82, 2.24) is 0 Å². The summed E-state index contributed by atoms with van der Waals surface area (Å²) in [7, 11) is -3.02. The molecule has 0 saturated heterocycles. The van der Waals surface area contributed by atoms with Crippen LogP contribution in [0.3, 0.4) is 0 Å². The first-order valence-corrected chi connectivity index (χ1v) is 19.0. The van der Waals surface area contributed by atoms with Crippen LogP contribution in [0.15, 0.2) is 0 Å². The number of carbonyl (C=O) groups is 3. The Morgan fingerprint density at radius 2 is 0.919 bits per heavy atom. The molecule has 0 atom stereocenters. The van der Waals surface area contributed by atoms with Gasteiger partial charge in [0.15, 0.2) is 0 Å². The Balaban J connectivity index is -0.0000000571. The van der Waals surface area contributed by atoms with Crippen molar-refractivity contribution in [2.24, 2.45) is 0 Å². The van der Waals surface area contributed by atoms with E-state index in [1.165, 1.54) is 21.6 Å². The van der Waals surface area contributed by atoms with Gasteiger partial charge in [-0.25, -0.2) is 16.8 Å². The topological polar surface area (TPSA) is 226 Å². The van der Waals surface area contributed by atoms with Crippen LogP contribution < -0.4 is 59.1 Å². The normalized spacial score (nSPS) is 9.38. The molecule has 0 aliphatic heterocycles. The molecule has 12 nitrogen and oxygen atoms in total. The van der Waals surface area contributed by atoms with E-state index in [4.69, 9.17) is 15.3 Å². The van der Waals surface area contributed by atoms with Gasteiger partial charge in [-0.05, 0) is 21.6 Å². The van der Waals surface area contributed by atoms with Gasteiger partial charge in [0.25, 0.3) is 0 Å². The number of rotatable bonds is 16. The maximum Gasteiger partial charge on any atom is 1.00 e. The minimum atomic E-state index is -4.50. The van der Waals surface area contributed by atoms with Gasteiger partial charge < -0.3 is 24.4 Å². The zero-order chi connectivity index (χ0) is 25.6. The van der Waals surface area contributed by atoms with Gasteiger partial charge >= 0.3 is 77.0 Å². The average Bonchev–Trinajstić information content (AvgIpc) is 2.58. The van der Waals surface area contributed by atoms with E-state index in [9.17, 15) is 40.3 Å². The smallest absolute Gasteiger partial charge is 0.739 e. The minimum absolute atomic E-state index is 0. The van der Waals surface area contributed by atoms with Crippen LogP contribution in [-0.4, -0.2) is 86.6 Å². The van der Waals surface area contributed by atoms with Crippen LogP contribution in [0.1, 0.15) is 41.5 Å². The van der Waals surface area contributed by atoms with Crippen LogP contribution >= 0.6 is 77.4 Å². The summed E-state index contributed by atoms with van der Waals surface area (Å²) >= 11 is 3.68. The van der Waals surface area contributed by atoms with E-state index >= 15 is 0 Å². The van der Waals surface area contributed by atoms with Crippen molar-refractivity contribution in [2.75, 3.05) is 27.4 Å². The van der Waals surface area contributed by atoms with Gasteiger partial charge in [-0.15, -0.1) is 0 Å². The van der Waals surface area contributed by atoms with Gasteiger partial charge in [-0.3, -0.25) is 14.4 Å². The number of hydrogen-bond donors (Lipinski definition) is 4. The molecule has 0 rings (SSSR count). The van der Waals surface area contributed by atoms with E-state index in [0.29, 0.717) is 17.3 Å². The van der Waals surface area contributed by atoms with Gasteiger partial charge in [-0.2, -0.15) is 12.6 Å². The molecule has 0 aliphatic carbocycles. The number of carboxylic acids is 3. The quantitative estimate of drug-likeness (QED) is 0.0347. The van der Waals surface area contributed by atoms with E-state index in [-0.39, 0.29) is 122 Å². The fraction of sp³-hybridized carbons (Fsp3) is 0.786. The van der Waals surface area contributed by atoms with E-state index in [1.807, 2.05) is 0 Å². The second-order valence-corrected chi connectivity index (χ2v) is 17.2. The van der Waals surface area contributed by atoms with Gasteiger partial charge in [0, 0.05) is 17.3 Å². The molecule has 0 bridgehead atoms. The molecule has 3 N–H and O–H groups in total. The molecule has 0 amide bonds. The average molecular weight is 727 g/mol. The Kier molecular flexibility index (Phi) is 61.8. The van der Waals surface area contributed by atoms with Crippen LogP contribution in [0, 0.1) is 0 Å². The first kappa shape index (κ1) is 59.2. The first-order valence-electron chi connectivity index (χ1n) is 7.56. The summed E-state index contributed by atoms with van der Waals surface area (Å²) in [5.74, 6) is -0.682. The molecule has 23 heteroatoms. The molecule has 0 radical (unpaired) electrons. The van der Waals surface area contributed by atoms with Crippen molar-refractivity contribution in [3.8, 4) is 0 Å². The summed E-state index contributed by atoms with van der Waals surface area (Å²) in [6.45, 7) is 0. The van der Waals surface area contributed by atoms with Crippen molar-refractivity contribution in [3.05, 3.63) is 0 Å². The second-order valence-electron chi connectivity index (χ2n) is 4.32. The molecule has 0 aromatic heterocycles. The summed E-state index contributed by atoms with van der Waals surface area (Å²) in [5.41, 5.74) is 0. The summed E-state index contributed by atoms with van der Waals surface area (Å²) < 4.78 is 58.9. The molecule has 0 saturated carbocycles. The number of thiol groups is 1. The zero-order valence-electron chi connectivity index (χ0n) is 17.9. The minimum Gasteiger partial charge on any atom is -0.739 e. The number of aliphatic carboxylic acids is 3. The second kappa shape index (κ2) is 38.7. The Hall–Kier alpha value is 2.68. The summed E-state index contributed by atoms with van der Waals surface area (Å²) in [6.07, 6.45) is 0.534. The standard InChI is InChI=1S/C7H12O4S4.C3H6O2S.CH4O6S4.3CH4.2Na/c8-6(9)1-3-12-14-5-15-13-4-2-7(10)11;4-3(5)1-2-6;2-10(3,4)8-1-9-11(5,6)7;;;;;/h1-5H2,(H,8,9)(H,10,11);6H,1-2H2,(H,4,5);1H2,(H,2,3,4)(H,5,6,7);3*1H4;;/q;;;;;;2*+1/p-2. The predicted molar refractivity (Wildman–Crippen MR) is 155 cm³/mol. The third kappa shape index (κ3) is 78.9. The van der Waals surface area contributed by atoms with Crippen LogP contribution in [0.25, 0.3) is 0 Å². The van der Waals surface area contributed by atoms with Gasteiger partial charge in [0.2, 0.25) is 0 Å². The van der Waals surface area contributed by atoms with Gasteiger partial charge in [-0.1, -0.05) is 65.5 Å². The van der Waals surface area contributed by atoms with Gasteiger partial charge in [0.1, 0.15) is 18.3 Å². The third-order valence-corrected chi connectivity index (χ3v) is 12.4. The predicted octanol–water partition coefficient (Wildman–Crippen LogP) is -1.71. The fourth-order valence-electron chi connectivity index (χ4n) is 0.697. The fourth-order valence-corrected chi connectivity index (χ4v) is 10.8. The molecule has 216 valence electrons. The summed E-state index contributed by atoms with van der Waals surface area (Å²) in [6, 6.07) is 0. The van der Waals surface area contributed by atoms with E-state index in [2.05, 4.69) is 12.6 Å². The largest absolute Gasteiger partial charge is 1.00 e. The van der Waals surface area contributed by atoms with E-state index in [0.717, 1.165) is 5.08 Å². The van der Waals surface area contributed by atoms with Crippen molar-refractivity contribution >= 4 is 114 Å². The van der Waals surface area contributed by atoms with Crippen molar-refractivity contribution in [1.29, 1.82) is 0 Å². The molecular formula is C14H32Na2O12S9. The van der Waals surface area contributed by atoms with Gasteiger partial charge in [0.05, 0.1) is 29.4 Å². The SMILES string of the molecule is C.C.C.O=C(O)CCS.O=C(O)CCSSCSSCCC(=O)O.O=S(=O)([O-])SCSS(=O)(=O)[O-].[Na+].[Na+]. The molecule has 0 spiro atoms. The molecule has 0 aromatic rings. The zero-order valence-corrected chi connectivity index (χ0v) is 29.3. The summed E-state index contributed by atoms with van der Waals surface area (Å²) in [4.78, 5) is 29.8. The van der Waals surface area contributed by atoms with E-state index < -0.39 is 41.3 Å². The maximum atomic E-state index is 10.1. The van der Waals surface area contributed by atoms with Crippen molar-refractivity contribution < 1.29 is 115 Å². The molecular weight excluding hydrogens is 695 g/mol. The molecule has 0 fully saturated rings. The van der Waals surface area contributed by atoms with Crippen LogP contribution in [0.4, 0.5) is 0 Å². The number of hydrogen-bond acceptors (Lipinski definition) is 16. The van der Waals surface area contributed by atoms with Crippen molar-refractivity contribution in [2.45, 2.75) is 41.5 Å². The van der Waals surface area contributed by atoms with Crippen LogP contribution in [-0.2, 0) is 32.7 Å².